The topological polar surface area (TPSA) is 95.6 Å². The molecule has 0 radical (unpaired) electrons. The number of anilines is 2. The Morgan fingerprint density at radius 2 is 1.90 bits per heavy atom. The number of nitrogens with one attached hydrogen (secondary N) is 2. The van der Waals surface area contributed by atoms with Crippen molar-refractivity contribution in [3.63, 3.8) is 0 Å². The molecule has 2 aromatic carbocycles. The summed E-state index contributed by atoms with van der Waals surface area (Å²) in [5, 5.41) is 5.66. The van der Waals surface area contributed by atoms with Crippen LogP contribution >= 0.6 is 0 Å². The zero-order valence-electron chi connectivity index (χ0n) is 16.1. The number of carbonyl (C=O) groups excluding carboxylic acids is 2. The zero-order chi connectivity index (χ0) is 20.6. The van der Waals surface area contributed by atoms with Gasteiger partial charge in [-0.3, -0.25) is 9.59 Å². The molecule has 0 spiro atoms. The van der Waals surface area contributed by atoms with Crippen LogP contribution in [-0.2, 0) is 26.0 Å². The van der Waals surface area contributed by atoms with E-state index >= 15 is 0 Å². The third kappa shape index (κ3) is 3.90. The lowest BCUT2D eigenvalue weighted by Gasteiger charge is -2.24. The standard InChI is InChI=1S/C21H23N3O4S/c1-14-4-8-17(9-5-14)29(27,28)24-12-2-3-19(24)21(26)22-16-7-10-18-15(13-16)6-11-20(25)23-18/h4-5,7-10,13,19H,2-3,6,11-12H2,1H3,(H,22,26)(H,23,25)/t19-/m0/s1. The number of hydrogen-bond donors (Lipinski definition) is 2. The van der Waals surface area contributed by atoms with Crippen LogP contribution in [-0.4, -0.2) is 37.1 Å². The molecule has 8 heteroatoms. The Bertz CT molecular complexity index is 1060. The fourth-order valence-corrected chi connectivity index (χ4v) is 5.48. The van der Waals surface area contributed by atoms with Crippen LogP contribution in [0.15, 0.2) is 47.4 Å². The van der Waals surface area contributed by atoms with Crippen molar-refractivity contribution in [1.82, 2.24) is 4.31 Å². The van der Waals surface area contributed by atoms with E-state index in [2.05, 4.69) is 10.6 Å². The lowest BCUT2D eigenvalue weighted by molar-refractivity contribution is -0.119. The van der Waals surface area contributed by atoms with Gasteiger partial charge < -0.3 is 10.6 Å². The molecular weight excluding hydrogens is 390 g/mol. The van der Waals surface area contributed by atoms with Crippen LogP contribution in [0.25, 0.3) is 0 Å². The summed E-state index contributed by atoms with van der Waals surface area (Å²) in [6.07, 6.45) is 2.15. The molecule has 0 saturated carbocycles. The first-order valence-electron chi connectivity index (χ1n) is 9.67. The summed E-state index contributed by atoms with van der Waals surface area (Å²) in [6.45, 7) is 2.22. The van der Waals surface area contributed by atoms with Crippen molar-refractivity contribution in [2.45, 2.75) is 43.5 Å². The van der Waals surface area contributed by atoms with E-state index < -0.39 is 16.1 Å². The predicted molar refractivity (Wildman–Crippen MR) is 110 cm³/mol. The number of rotatable bonds is 4. The van der Waals surface area contributed by atoms with Crippen LogP contribution in [0.4, 0.5) is 11.4 Å². The van der Waals surface area contributed by atoms with Crippen LogP contribution in [0.3, 0.4) is 0 Å². The van der Waals surface area contributed by atoms with E-state index in [1.165, 1.54) is 4.31 Å². The third-order valence-corrected chi connectivity index (χ3v) is 7.32. The van der Waals surface area contributed by atoms with Crippen molar-refractivity contribution >= 4 is 33.2 Å². The highest BCUT2D eigenvalue weighted by Gasteiger charge is 2.39. The number of carbonyl (C=O) groups is 2. The normalized spacial score (nSPS) is 19.5. The minimum absolute atomic E-state index is 0.0165. The van der Waals surface area contributed by atoms with Crippen molar-refractivity contribution < 1.29 is 18.0 Å². The Hall–Kier alpha value is -2.71. The van der Waals surface area contributed by atoms with Crippen LogP contribution in [0.5, 0.6) is 0 Å². The van der Waals surface area contributed by atoms with Gasteiger partial charge in [0.05, 0.1) is 4.90 Å². The van der Waals surface area contributed by atoms with Crippen LogP contribution in [0.1, 0.15) is 30.4 Å². The maximum atomic E-state index is 13.0. The van der Waals surface area contributed by atoms with E-state index in [0.29, 0.717) is 37.9 Å². The monoisotopic (exact) mass is 413 g/mol. The van der Waals surface area contributed by atoms with E-state index in [9.17, 15) is 18.0 Å². The Morgan fingerprint density at radius 3 is 2.66 bits per heavy atom. The Kier molecular flexibility index (Phi) is 5.14. The van der Waals surface area contributed by atoms with Gasteiger partial charge in [-0.25, -0.2) is 8.42 Å². The summed E-state index contributed by atoms with van der Waals surface area (Å²) < 4.78 is 27.4. The molecule has 0 aliphatic carbocycles. The average molecular weight is 413 g/mol. The first kappa shape index (κ1) is 19.6. The van der Waals surface area contributed by atoms with Gasteiger partial charge in [-0.15, -0.1) is 0 Å². The highest BCUT2D eigenvalue weighted by Crippen LogP contribution is 2.29. The maximum absolute atomic E-state index is 13.0. The molecule has 29 heavy (non-hydrogen) atoms. The lowest BCUT2D eigenvalue weighted by atomic mass is 10.0. The van der Waals surface area contributed by atoms with Crippen molar-refractivity contribution in [3.8, 4) is 0 Å². The number of nitrogens with zero attached hydrogens (tertiary/aromatic N) is 1. The molecule has 1 saturated heterocycles. The summed E-state index contributed by atoms with van der Waals surface area (Å²) in [5.41, 5.74) is 3.29. The van der Waals surface area contributed by atoms with Crippen LogP contribution in [0, 0.1) is 6.92 Å². The van der Waals surface area contributed by atoms with E-state index in [4.69, 9.17) is 0 Å². The molecule has 0 unspecified atom stereocenters. The quantitative estimate of drug-likeness (QED) is 0.806. The van der Waals surface area contributed by atoms with Crippen LogP contribution < -0.4 is 10.6 Å². The molecule has 2 aromatic rings. The van der Waals surface area contributed by atoms with Gasteiger partial charge in [0.2, 0.25) is 21.8 Å². The maximum Gasteiger partial charge on any atom is 0.243 e. The molecule has 1 atom stereocenters. The highest BCUT2D eigenvalue weighted by molar-refractivity contribution is 7.89. The van der Waals surface area contributed by atoms with E-state index in [1.807, 2.05) is 13.0 Å². The minimum atomic E-state index is -3.74. The molecule has 0 aromatic heterocycles. The van der Waals surface area contributed by atoms with E-state index in [-0.39, 0.29) is 16.7 Å². The fraction of sp³-hybridized carbons (Fsp3) is 0.333. The predicted octanol–water partition coefficient (Wildman–Crippen LogP) is 2.67. The smallest absolute Gasteiger partial charge is 0.243 e. The summed E-state index contributed by atoms with van der Waals surface area (Å²) in [4.78, 5) is 24.6. The number of fused-ring (bicyclic) bond motifs is 1. The van der Waals surface area contributed by atoms with Gasteiger partial charge in [0.25, 0.3) is 0 Å². The summed E-state index contributed by atoms with van der Waals surface area (Å²) in [6, 6.07) is 11.2. The second kappa shape index (κ2) is 7.61. The number of hydrogen-bond acceptors (Lipinski definition) is 4. The molecule has 2 amide bonds. The SMILES string of the molecule is Cc1ccc(S(=O)(=O)N2CCC[C@H]2C(=O)Nc2ccc3c(c2)CCC(=O)N3)cc1. The molecule has 2 N–H and O–H groups in total. The van der Waals surface area contributed by atoms with Gasteiger partial charge in [-0.1, -0.05) is 17.7 Å². The van der Waals surface area contributed by atoms with E-state index in [0.717, 1.165) is 16.8 Å². The van der Waals surface area contributed by atoms with Gasteiger partial charge in [-0.05, 0) is 62.1 Å². The molecule has 2 heterocycles. The van der Waals surface area contributed by atoms with Gasteiger partial charge >= 0.3 is 0 Å². The first-order valence-corrected chi connectivity index (χ1v) is 11.1. The summed E-state index contributed by atoms with van der Waals surface area (Å²) in [7, 11) is -3.74. The molecule has 2 aliphatic rings. The number of benzene rings is 2. The number of sulfonamides is 1. The van der Waals surface area contributed by atoms with Gasteiger partial charge in [0.1, 0.15) is 6.04 Å². The molecule has 1 fully saturated rings. The molecule has 152 valence electrons. The first-order chi connectivity index (χ1) is 13.8. The molecule has 0 bridgehead atoms. The number of amides is 2. The second-order valence-electron chi connectivity index (χ2n) is 7.50. The van der Waals surface area contributed by atoms with Gasteiger partial charge in [0.15, 0.2) is 0 Å². The lowest BCUT2D eigenvalue weighted by Crippen LogP contribution is -2.43. The van der Waals surface area contributed by atoms with Crippen molar-refractivity contribution in [3.05, 3.63) is 53.6 Å². The summed E-state index contributed by atoms with van der Waals surface area (Å²) in [5.74, 6) is -0.352. The van der Waals surface area contributed by atoms with Crippen LogP contribution in [0.2, 0.25) is 0 Å². The van der Waals surface area contributed by atoms with Crippen molar-refractivity contribution in [2.24, 2.45) is 0 Å². The highest BCUT2D eigenvalue weighted by atomic mass is 32.2. The molecule has 2 aliphatic heterocycles. The molecular formula is C21H23N3O4S. The fourth-order valence-electron chi connectivity index (χ4n) is 3.82. The summed E-state index contributed by atoms with van der Waals surface area (Å²) >= 11 is 0. The van der Waals surface area contributed by atoms with Gasteiger partial charge in [-0.2, -0.15) is 4.31 Å². The minimum Gasteiger partial charge on any atom is -0.326 e. The Balaban J connectivity index is 1.52. The Labute approximate surface area is 170 Å². The molecule has 7 nitrogen and oxygen atoms in total. The van der Waals surface area contributed by atoms with Gasteiger partial charge in [0, 0.05) is 24.3 Å². The largest absolute Gasteiger partial charge is 0.326 e. The average Bonchev–Trinajstić information content (AvgIpc) is 3.19. The van der Waals surface area contributed by atoms with E-state index in [1.54, 1.807) is 36.4 Å². The van der Waals surface area contributed by atoms with Crippen molar-refractivity contribution in [2.75, 3.05) is 17.2 Å². The van der Waals surface area contributed by atoms with Crippen molar-refractivity contribution in [1.29, 1.82) is 0 Å². The Morgan fingerprint density at radius 1 is 1.14 bits per heavy atom. The second-order valence-corrected chi connectivity index (χ2v) is 9.39. The molecule has 4 rings (SSSR count). The number of aryl methyl sites for hydroxylation is 2. The zero-order valence-corrected chi connectivity index (χ0v) is 17.0. The third-order valence-electron chi connectivity index (χ3n) is 5.40.